The van der Waals surface area contributed by atoms with E-state index >= 15 is 0 Å². The van der Waals surface area contributed by atoms with Crippen LogP contribution in [0.3, 0.4) is 0 Å². The zero-order chi connectivity index (χ0) is 21.8. The molecule has 0 saturated carbocycles. The first kappa shape index (κ1) is 21.8. The van der Waals surface area contributed by atoms with Gasteiger partial charge in [0.15, 0.2) is 0 Å². The molecule has 0 fully saturated rings. The zero-order valence-electron chi connectivity index (χ0n) is 16.9. The number of fused-ring (bicyclic) bond motifs is 3. The largest absolute Gasteiger partial charge is 0.480 e. The topological polar surface area (TPSA) is 119 Å². The fourth-order valence-corrected chi connectivity index (χ4v) is 3.80. The zero-order valence-corrected chi connectivity index (χ0v) is 16.9. The van der Waals surface area contributed by atoms with Gasteiger partial charge in [-0.1, -0.05) is 48.5 Å². The van der Waals surface area contributed by atoms with E-state index in [1.54, 1.807) is 0 Å². The SMILES string of the molecule is C[C@H](O)N(C[C@H](NC(=O)OCC1c2ccccc2-c2ccccc21)C(=O)O)[C@@H](C)O. The molecule has 0 radical (unpaired) electrons. The summed E-state index contributed by atoms with van der Waals surface area (Å²) in [5, 5.41) is 31.1. The Labute approximate surface area is 174 Å². The third-order valence-electron chi connectivity index (χ3n) is 5.29. The van der Waals surface area contributed by atoms with Gasteiger partial charge in [-0.15, -0.1) is 0 Å². The number of ether oxygens (including phenoxy) is 1. The molecule has 1 aliphatic carbocycles. The van der Waals surface area contributed by atoms with Crippen LogP contribution in [0, 0.1) is 0 Å². The first-order chi connectivity index (χ1) is 14.3. The summed E-state index contributed by atoms with van der Waals surface area (Å²) in [6.45, 7) is 2.58. The average Bonchev–Trinajstić information content (AvgIpc) is 3.02. The average molecular weight is 414 g/mol. The number of carbonyl (C=O) groups excluding carboxylic acids is 1. The van der Waals surface area contributed by atoms with Crippen LogP contribution >= 0.6 is 0 Å². The van der Waals surface area contributed by atoms with Crippen LogP contribution in [0.25, 0.3) is 11.1 Å². The van der Waals surface area contributed by atoms with Gasteiger partial charge in [0.05, 0.1) is 0 Å². The van der Waals surface area contributed by atoms with Crippen LogP contribution in [-0.2, 0) is 9.53 Å². The van der Waals surface area contributed by atoms with E-state index in [-0.39, 0.29) is 19.1 Å². The summed E-state index contributed by atoms with van der Waals surface area (Å²) in [7, 11) is 0. The summed E-state index contributed by atoms with van der Waals surface area (Å²) in [6.07, 6.45) is -3.05. The number of carboxylic acids is 1. The molecule has 2 aromatic rings. The summed E-state index contributed by atoms with van der Waals surface area (Å²) >= 11 is 0. The van der Waals surface area contributed by atoms with E-state index in [1.165, 1.54) is 13.8 Å². The highest BCUT2D eigenvalue weighted by atomic mass is 16.5. The number of hydrogen-bond acceptors (Lipinski definition) is 6. The second-order valence-electron chi connectivity index (χ2n) is 7.32. The van der Waals surface area contributed by atoms with Crippen LogP contribution in [0.15, 0.2) is 48.5 Å². The molecule has 8 heteroatoms. The molecular weight excluding hydrogens is 388 g/mol. The molecule has 30 heavy (non-hydrogen) atoms. The molecule has 4 N–H and O–H groups in total. The van der Waals surface area contributed by atoms with Crippen LogP contribution in [0.2, 0.25) is 0 Å². The van der Waals surface area contributed by atoms with Crippen molar-refractivity contribution in [2.24, 2.45) is 0 Å². The molecule has 8 nitrogen and oxygen atoms in total. The standard InChI is InChI=1S/C22H26N2O6/c1-13(25)24(14(2)26)11-20(21(27)28)23-22(29)30-12-19-17-9-5-3-7-15(17)16-8-4-6-10-18(16)19/h3-10,13-14,19-20,25-26H,11-12H2,1-2H3,(H,23,29)(H,27,28)/t13-,14+,20-/m0/s1. The van der Waals surface area contributed by atoms with Gasteiger partial charge in [0.1, 0.15) is 25.1 Å². The number of nitrogens with zero attached hydrogens (tertiary/aromatic N) is 1. The van der Waals surface area contributed by atoms with Gasteiger partial charge in [-0.3, -0.25) is 4.90 Å². The van der Waals surface area contributed by atoms with Gasteiger partial charge in [0.25, 0.3) is 0 Å². The fourth-order valence-electron chi connectivity index (χ4n) is 3.80. The number of rotatable bonds is 8. The second kappa shape index (κ2) is 9.25. The highest BCUT2D eigenvalue weighted by Crippen LogP contribution is 2.44. The molecule has 0 bridgehead atoms. The maximum atomic E-state index is 12.3. The number of carboxylic acid groups (broad SMARTS) is 1. The number of aliphatic carboxylic acids is 1. The fraction of sp³-hybridized carbons (Fsp3) is 0.364. The van der Waals surface area contributed by atoms with Gasteiger partial charge < -0.3 is 25.4 Å². The van der Waals surface area contributed by atoms with E-state index < -0.39 is 30.6 Å². The summed E-state index contributed by atoms with van der Waals surface area (Å²) in [6, 6.07) is 14.4. The molecule has 0 unspecified atom stereocenters. The minimum Gasteiger partial charge on any atom is -0.480 e. The predicted molar refractivity (Wildman–Crippen MR) is 110 cm³/mol. The van der Waals surface area contributed by atoms with Crippen molar-refractivity contribution in [1.82, 2.24) is 10.2 Å². The number of carbonyl (C=O) groups is 2. The monoisotopic (exact) mass is 414 g/mol. The van der Waals surface area contributed by atoms with Crippen molar-refractivity contribution >= 4 is 12.1 Å². The number of alkyl carbamates (subject to hydrolysis) is 1. The predicted octanol–water partition coefficient (Wildman–Crippen LogP) is 1.96. The highest BCUT2D eigenvalue weighted by molar-refractivity contribution is 5.81. The lowest BCUT2D eigenvalue weighted by molar-refractivity contribution is -0.143. The van der Waals surface area contributed by atoms with Gasteiger partial charge >= 0.3 is 12.1 Å². The van der Waals surface area contributed by atoms with Crippen LogP contribution in [0.1, 0.15) is 30.9 Å². The second-order valence-corrected chi connectivity index (χ2v) is 7.32. The number of amides is 1. The van der Waals surface area contributed by atoms with Crippen LogP contribution in [0.4, 0.5) is 4.79 Å². The lowest BCUT2D eigenvalue weighted by atomic mass is 9.98. The molecular formula is C22H26N2O6. The molecule has 1 aliphatic rings. The molecule has 0 aliphatic heterocycles. The summed E-state index contributed by atoms with van der Waals surface area (Å²) in [5.74, 6) is -1.44. The molecule has 160 valence electrons. The summed E-state index contributed by atoms with van der Waals surface area (Å²) in [4.78, 5) is 25.0. The van der Waals surface area contributed by atoms with Crippen molar-refractivity contribution in [3.63, 3.8) is 0 Å². The van der Waals surface area contributed by atoms with Crippen molar-refractivity contribution in [2.45, 2.75) is 38.3 Å². The van der Waals surface area contributed by atoms with Gasteiger partial charge in [-0.2, -0.15) is 0 Å². The van der Waals surface area contributed by atoms with Gasteiger partial charge in [0.2, 0.25) is 0 Å². The van der Waals surface area contributed by atoms with E-state index in [9.17, 15) is 24.9 Å². The van der Waals surface area contributed by atoms with Gasteiger partial charge in [0, 0.05) is 12.5 Å². The number of nitrogens with one attached hydrogen (secondary N) is 1. The number of aliphatic hydroxyl groups is 2. The highest BCUT2D eigenvalue weighted by Gasteiger charge is 2.31. The Hall–Kier alpha value is -2.94. The Kier molecular flexibility index (Phi) is 6.71. The Balaban J connectivity index is 1.67. The molecule has 0 aromatic heterocycles. The maximum absolute atomic E-state index is 12.3. The Morgan fingerprint density at radius 3 is 1.97 bits per heavy atom. The van der Waals surface area contributed by atoms with Crippen molar-refractivity contribution in [3.05, 3.63) is 59.7 Å². The van der Waals surface area contributed by atoms with Crippen molar-refractivity contribution in [2.75, 3.05) is 13.2 Å². The Bertz CT molecular complexity index is 861. The molecule has 2 aromatic carbocycles. The van der Waals surface area contributed by atoms with E-state index in [2.05, 4.69) is 5.32 Å². The third kappa shape index (κ3) is 4.62. The summed E-state index contributed by atoms with van der Waals surface area (Å²) in [5.41, 5.74) is 4.29. The van der Waals surface area contributed by atoms with Crippen molar-refractivity contribution in [3.8, 4) is 11.1 Å². The molecule has 0 spiro atoms. The number of benzene rings is 2. The summed E-state index contributed by atoms with van der Waals surface area (Å²) < 4.78 is 5.37. The minimum absolute atomic E-state index is 0.0583. The first-order valence-electron chi connectivity index (χ1n) is 9.75. The molecule has 3 atom stereocenters. The van der Waals surface area contributed by atoms with Gasteiger partial charge in [-0.25, -0.2) is 9.59 Å². The molecule has 0 saturated heterocycles. The van der Waals surface area contributed by atoms with E-state index in [4.69, 9.17) is 4.74 Å². The van der Waals surface area contributed by atoms with E-state index in [1.807, 2.05) is 48.5 Å². The molecule has 3 rings (SSSR count). The number of aliphatic hydroxyl groups excluding tert-OH is 2. The normalized spacial score (nSPS) is 15.8. The minimum atomic E-state index is -1.36. The maximum Gasteiger partial charge on any atom is 0.407 e. The third-order valence-corrected chi connectivity index (χ3v) is 5.29. The Morgan fingerprint density at radius 2 is 1.50 bits per heavy atom. The van der Waals surface area contributed by atoms with E-state index in [0.29, 0.717) is 0 Å². The van der Waals surface area contributed by atoms with Crippen molar-refractivity contribution in [1.29, 1.82) is 0 Å². The van der Waals surface area contributed by atoms with Crippen LogP contribution in [-0.4, -0.2) is 63.9 Å². The quantitative estimate of drug-likeness (QED) is 0.488. The van der Waals surface area contributed by atoms with Crippen LogP contribution in [0.5, 0.6) is 0 Å². The molecule has 1 amide bonds. The first-order valence-corrected chi connectivity index (χ1v) is 9.75. The lowest BCUT2D eigenvalue weighted by Gasteiger charge is -2.30. The van der Waals surface area contributed by atoms with E-state index in [0.717, 1.165) is 27.2 Å². The Morgan fingerprint density at radius 1 is 1.00 bits per heavy atom. The molecule has 0 heterocycles. The lowest BCUT2D eigenvalue weighted by Crippen LogP contribution is -2.53. The number of hydrogen-bond donors (Lipinski definition) is 4. The van der Waals surface area contributed by atoms with Crippen molar-refractivity contribution < 1.29 is 29.6 Å². The van der Waals surface area contributed by atoms with Crippen LogP contribution < -0.4 is 5.32 Å². The van der Waals surface area contributed by atoms with Gasteiger partial charge in [-0.05, 0) is 36.1 Å². The smallest absolute Gasteiger partial charge is 0.407 e.